The summed E-state index contributed by atoms with van der Waals surface area (Å²) in [4.78, 5) is 29.2. The van der Waals surface area contributed by atoms with Crippen LogP contribution in [0.1, 0.15) is 57.7 Å². The third-order valence-corrected chi connectivity index (χ3v) is 8.52. The third-order valence-electron chi connectivity index (χ3n) is 6.73. The van der Waals surface area contributed by atoms with E-state index in [2.05, 4.69) is 5.32 Å². The Morgan fingerprint density at radius 3 is 2.02 bits per heavy atom. The highest BCUT2D eigenvalue weighted by Crippen LogP contribution is 2.26. The first kappa shape index (κ1) is 30.9. The zero-order valence-corrected chi connectivity index (χ0v) is 25.2. The predicted molar refractivity (Wildman–Crippen MR) is 160 cm³/mol. The van der Waals surface area contributed by atoms with E-state index in [0.717, 1.165) is 27.4 Å². The minimum Gasteiger partial charge on any atom is -0.350 e. The largest absolute Gasteiger partial charge is 0.350 e. The molecular formula is C32H41N3O4S. The number of benzene rings is 3. The Balaban J connectivity index is 2.07. The first-order valence-corrected chi connectivity index (χ1v) is 15.1. The number of hydrogen-bond acceptors (Lipinski definition) is 4. The topological polar surface area (TPSA) is 86.8 Å². The van der Waals surface area contributed by atoms with E-state index >= 15 is 0 Å². The summed E-state index contributed by atoms with van der Waals surface area (Å²) in [6, 6.07) is 22.2. The lowest BCUT2D eigenvalue weighted by Crippen LogP contribution is -2.55. The van der Waals surface area contributed by atoms with Gasteiger partial charge in [0.25, 0.3) is 10.0 Å². The maximum atomic E-state index is 14.2. The lowest BCUT2D eigenvalue weighted by Gasteiger charge is -2.35. The van der Waals surface area contributed by atoms with Crippen molar-refractivity contribution in [2.24, 2.45) is 0 Å². The molecule has 0 radical (unpaired) electrons. The lowest BCUT2D eigenvalue weighted by atomic mass is 10.0. The van der Waals surface area contributed by atoms with Gasteiger partial charge in [-0.05, 0) is 81.5 Å². The van der Waals surface area contributed by atoms with E-state index in [0.29, 0.717) is 12.1 Å². The number of nitrogens with zero attached hydrogens (tertiary/aromatic N) is 2. The standard InChI is InChI=1S/C32H41N3O4S/c1-7-25-18-20-27(21-19-25)35(40(38,39)28-16-10-9-11-17-28)23-30(36)34(22-26-15-13-12-14-24(26)3)29(8-2)31(37)33-32(4,5)6/h9-21,29H,7-8,22-23H2,1-6H3,(H,33,37)/t29-/m0/s1. The summed E-state index contributed by atoms with van der Waals surface area (Å²) < 4.78 is 28.9. The van der Waals surface area contributed by atoms with Crippen LogP contribution in [0.15, 0.2) is 83.8 Å². The normalized spacial score (nSPS) is 12.4. The van der Waals surface area contributed by atoms with Gasteiger partial charge in [0.15, 0.2) is 0 Å². The molecule has 0 aliphatic carbocycles. The van der Waals surface area contributed by atoms with Crippen molar-refractivity contribution in [2.75, 3.05) is 10.8 Å². The smallest absolute Gasteiger partial charge is 0.264 e. The van der Waals surface area contributed by atoms with Gasteiger partial charge >= 0.3 is 0 Å². The van der Waals surface area contributed by atoms with E-state index in [-0.39, 0.29) is 17.3 Å². The molecule has 0 saturated carbocycles. The lowest BCUT2D eigenvalue weighted by molar-refractivity contribution is -0.141. The Kier molecular flexibility index (Phi) is 10.1. The molecule has 214 valence electrons. The minimum absolute atomic E-state index is 0.0883. The second-order valence-corrected chi connectivity index (χ2v) is 12.8. The fraction of sp³-hybridized carbons (Fsp3) is 0.375. The van der Waals surface area contributed by atoms with Crippen LogP contribution in [0.25, 0.3) is 0 Å². The van der Waals surface area contributed by atoms with Crippen LogP contribution < -0.4 is 9.62 Å². The molecule has 1 atom stereocenters. The van der Waals surface area contributed by atoms with Crippen molar-refractivity contribution in [1.82, 2.24) is 10.2 Å². The van der Waals surface area contributed by atoms with E-state index < -0.39 is 34.1 Å². The molecule has 0 heterocycles. The molecule has 0 unspecified atom stereocenters. The predicted octanol–water partition coefficient (Wildman–Crippen LogP) is 5.47. The number of sulfonamides is 1. The molecule has 0 aromatic heterocycles. The molecule has 1 N–H and O–H groups in total. The Hall–Kier alpha value is -3.65. The number of hydrogen-bond donors (Lipinski definition) is 1. The molecule has 0 aliphatic rings. The second-order valence-electron chi connectivity index (χ2n) is 11.0. The maximum Gasteiger partial charge on any atom is 0.264 e. The highest BCUT2D eigenvalue weighted by molar-refractivity contribution is 7.92. The van der Waals surface area contributed by atoms with E-state index in [1.54, 1.807) is 30.3 Å². The number of amides is 2. The van der Waals surface area contributed by atoms with Crippen LogP contribution in [0.2, 0.25) is 0 Å². The number of carbonyl (C=O) groups excluding carboxylic acids is 2. The van der Waals surface area contributed by atoms with Crippen LogP contribution in [-0.2, 0) is 32.6 Å². The summed E-state index contributed by atoms with van der Waals surface area (Å²) in [5, 5.41) is 2.99. The number of nitrogens with one attached hydrogen (secondary N) is 1. The molecule has 0 aliphatic heterocycles. The number of carbonyl (C=O) groups is 2. The Bertz CT molecular complexity index is 1400. The maximum absolute atomic E-state index is 14.2. The van der Waals surface area contributed by atoms with Crippen molar-refractivity contribution in [3.05, 3.63) is 95.6 Å². The average Bonchev–Trinajstić information content (AvgIpc) is 2.92. The van der Waals surface area contributed by atoms with Crippen molar-refractivity contribution < 1.29 is 18.0 Å². The quantitative estimate of drug-likeness (QED) is 0.335. The molecule has 3 aromatic carbocycles. The van der Waals surface area contributed by atoms with E-state index in [1.165, 1.54) is 17.0 Å². The van der Waals surface area contributed by atoms with Crippen LogP contribution in [0.5, 0.6) is 0 Å². The summed E-state index contributed by atoms with van der Waals surface area (Å²) in [7, 11) is -4.08. The third kappa shape index (κ3) is 7.72. The fourth-order valence-corrected chi connectivity index (χ4v) is 5.92. The van der Waals surface area contributed by atoms with Crippen molar-refractivity contribution in [2.45, 2.75) is 77.4 Å². The molecule has 40 heavy (non-hydrogen) atoms. The van der Waals surface area contributed by atoms with Crippen LogP contribution in [0.3, 0.4) is 0 Å². The van der Waals surface area contributed by atoms with Crippen molar-refractivity contribution in [3.63, 3.8) is 0 Å². The Morgan fingerprint density at radius 2 is 1.48 bits per heavy atom. The summed E-state index contributed by atoms with van der Waals surface area (Å²) in [5.41, 5.74) is 2.82. The van der Waals surface area contributed by atoms with Crippen LogP contribution >= 0.6 is 0 Å². The zero-order valence-electron chi connectivity index (χ0n) is 24.3. The van der Waals surface area contributed by atoms with Crippen LogP contribution in [0, 0.1) is 6.92 Å². The van der Waals surface area contributed by atoms with Crippen LogP contribution in [-0.4, -0.2) is 43.3 Å². The van der Waals surface area contributed by atoms with Gasteiger partial charge in [0.1, 0.15) is 12.6 Å². The van der Waals surface area contributed by atoms with Gasteiger partial charge < -0.3 is 10.2 Å². The van der Waals surface area contributed by atoms with Crippen molar-refractivity contribution in [1.29, 1.82) is 0 Å². The zero-order chi connectivity index (χ0) is 29.5. The highest BCUT2D eigenvalue weighted by Gasteiger charge is 2.34. The highest BCUT2D eigenvalue weighted by atomic mass is 32.2. The SMILES string of the molecule is CCc1ccc(N(CC(=O)N(Cc2ccccc2C)[C@@H](CC)C(=O)NC(C)(C)C)S(=O)(=O)c2ccccc2)cc1. The molecule has 2 amide bonds. The fourth-order valence-electron chi connectivity index (χ4n) is 4.49. The minimum atomic E-state index is -4.08. The van der Waals surface area contributed by atoms with Crippen LogP contribution in [0.4, 0.5) is 5.69 Å². The summed E-state index contributed by atoms with van der Waals surface area (Å²) in [6.45, 7) is 11.2. The van der Waals surface area contributed by atoms with Gasteiger partial charge in [-0.15, -0.1) is 0 Å². The van der Waals surface area contributed by atoms with Gasteiger partial charge in [0.05, 0.1) is 10.6 Å². The number of rotatable bonds is 11. The van der Waals surface area contributed by atoms with Crippen molar-refractivity contribution >= 4 is 27.5 Å². The number of anilines is 1. The number of aryl methyl sites for hydroxylation is 2. The molecule has 3 rings (SSSR count). The monoisotopic (exact) mass is 563 g/mol. The van der Waals surface area contributed by atoms with E-state index in [4.69, 9.17) is 0 Å². The molecular weight excluding hydrogens is 522 g/mol. The first-order valence-electron chi connectivity index (χ1n) is 13.7. The molecule has 0 bridgehead atoms. The molecule has 3 aromatic rings. The van der Waals surface area contributed by atoms with Gasteiger partial charge in [-0.25, -0.2) is 8.42 Å². The van der Waals surface area contributed by atoms with Gasteiger partial charge in [-0.1, -0.05) is 68.4 Å². The van der Waals surface area contributed by atoms with Crippen molar-refractivity contribution in [3.8, 4) is 0 Å². The van der Waals surface area contributed by atoms with E-state index in [1.807, 2.05) is 77.9 Å². The van der Waals surface area contributed by atoms with Gasteiger partial charge in [-0.2, -0.15) is 0 Å². The summed E-state index contributed by atoms with van der Waals surface area (Å²) in [5.74, 6) is -0.736. The summed E-state index contributed by atoms with van der Waals surface area (Å²) >= 11 is 0. The molecule has 0 saturated heterocycles. The average molecular weight is 564 g/mol. The molecule has 7 nitrogen and oxygen atoms in total. The Morgan fingerprint density at radius 1 is 0.875 bits per heavy atom. The van der Waals surface area contributed by atoms with Gasteiger partial charge in [0, 0.05) is 12.1 Å². The Labute approximate surface area is 239 Å². The molecule has 8 heteroatoms. The van der Waals surface area contributed by atoms with E-state index in [9.17, 15) is 18.0 Å². The second kappa shape index (κ2) is 13.1. The van der Waals surface area contributed by atoms with Gasteiger partial charge in [-0.3, -0.25) is 13.9 Å². The first-order chi connectivity index (χ1) is 18.9. The van der Waals surface area contributed by atoms with Gasteiger partial charge in [0.2, 0.25) is 11.8 Å². The molecule has 0 fully saturated rings. The summed E-state index contributed by atoms with van der Waals surface area (Å²) in [6.07, 6.45) is 1.17. The molecule has 0 spiro atoms.